The molecule has 0 aliphatic heterocycles. The first kappa shape index (κ1) is 14.9. The molecule has 122 valence electrons. The molecule has 0 atom stereocenters. The van der Waals surface area contributed by atoms with E-state index in [2.05, 4.69) is 0 Å². The first-order valence-corrected chi connectivity index (χ1v) is 8.29. The average Bonchev–Trinajstić information content (AvgIpc) is 2.86. The van der Waals surface area contributed by atoms with E-state index >= 15 is 0 Å². The largest absolute Gasteiger partial charge is 0.465 e. The fourth-order valence-electron chi connectivity index (χ4n) is 3.80. The van der Waals surface area contributed by atoms with Crippen molar-refractivity contribution in [3.63, 3.8) is 0 Å². The van der Waals surface area contributed by atoms with Crippen LogP contribution in [0.3, 0.4) is 0 Å². The number of methoxy groups -OCH3 is 1. The van der Waals surface area contributed by atoms with Gasteiger partial charge in [0, 0.05) is 10.8 Å². The molecule has 0 bridgehead atoms. The van der Waals surface area contributed by atoms with Crippen LogP contribution in [0, 0.1) is 0 Å². The average molecular weight is 322 g/mol. The van der Waals surface area contributed by atoms with Gasteiger partial charge in [-0.2, -0.15) is 0 Å². The molecule has 1 aliphatic rings. The van der Waals surface area contributed by atoms with Crippen LogP contribution in [0.2, 0.25) is 0 Å². The van der Waals surface area contributed by atoms with Gasteiger partial charge in [0.15, 0.2) is 0 Å². The van der Waals surface area contributed by atoms with Crippen molar-refractivity contribution in [1.29, 1.82) is 0 Å². The van der Waals surface area contributed by atoms with Crippen molar-refractivity contribution < 1.29 is 13.9 Å². The molecule has 0 saturated carbocycles. The fourth-order valence-corrected chi connectivity index (χ4v) is 3.80. The van der Waals surface area contributed by atoms with Crippen molar-refractivity contribution >= 4 is 27.7 Å². The topological polar surface area (TPSA) is 56.5 Å². The summed E-state index contributed by atoms with van der Waals surface area (Å²) in [6.07, 6.45) is 4.92. The molecule has 0 spiro atoms. The number of benzene rings is 2. The van der Waals surface area contributed by atoms with Crippen molar-refractivity contribution in [2.24, 2.45) is 0 Å². The second kappa shape index (κ2) is 5.78. The molecule has 2 aromatic carbocycles. The molecule has 4 heteroatoms. The Morgan fingerprint density at radius 1 is 1.04 bits per heavy atom. The summed E-state index contributed by atoms with van der Waals surface area (Å²) in [5, 5.41) is 2.34. The summed E-state index contributed by atoms with van der Waals surface area (Å²) < 4.78 is 10.4. The Morgan fingerprint density at radius 3 is 2.58 bits per heavy atom. The quantitative estimate of drug-likeness (QED) is 0.294. The van der Waals surface area contributed by atoms with E-state index in [0.29, 0.717) is 16.5 Å². The van der Waals surface area contributed by atoms with E-state index in [1.165, 1.54) is 7.11 Å². The van der Waals surface area contributed by atoms with Gasteiger partial charge in [-0.3, -0.25) is 0 Å². The third-order valence-electron chi connectivity index (χ3n) is 4.89. The molecular formula is C20H18O4. The summed E-state index contributed by atoms with van der Waals surface area (Å²) in [6, 6.07) is 9.25. The third kappa shape index (κ3) is 2.21. The minimum absolute atomic E-state index is 0.386. The number of rotatable bonds is 1. The summed E-state index contributed by atoms with van der Waals surface area (Å²) in [7, 11) is 1.37. The Bertz CT molecular complexity index is 1010. The van der Waals surface area contributed by atoms with Crippen molar-refractivity contribution in [2.75, 3.05) is 7.11 Å². The summed E-state index contributed by atoms with van der Waals surface area (Å²) in [5.41, 5.74) is 2.83. The molecule has 0 amide bonds. The lowest BCUT2D eigenvalue weighted by atomic mass is 9.90. The number of hydrogen-bond acceptors (Lipinski definition) is 4. The molecule has 0 N–H and O–H groups in total. The van der Waals surface area contributed by atoms with Crippen LogP contribution < -0.4 is 5.63 Å². The van der Waals surface area contributed by atoms with Gasteiger partial charge in [0.1, 0.15) is 5.58 Å². The fraction of sp³-hybridized carbons (Fsp3) is 0.300. The normalized spacial score (nSPS) is 14.4. The lowest BCUT2D eigenvalue weighted by molar-refractivity contribution is 0.0599. The summed E-state index contributed by atoms with van der Waals surface area (Å²) >= 11 is 0. The Hall–Kier alpha value is -2.62. The van der Waals surface area contributed by atoms with Gasteiger partial charge in [-0.05, 0) is 48.9 Å². The highest BCUT2D eigenvalue weighted by Crippen LogP contribution is 2.34. The van der Waals surface area contributed by atoms with Crippen LogP contribution in [0.4, 0.5) is 0 Å². The minimum atomic E-state index is -0.402. The second-order valence-electron chi connectivity index (χ2n) is 6.24. The number of aryl methyl sites for hydroxylation is 1. The second-order valence-corrected chi connectivity index (χ2v) is 6.24. The third-order valence-corrected chi connectivity index (χ3v) is 4.89. The van der Waals surface area contributed by atoms with Gasteiger partial charge < -0.3 is 9.15 Å². The van der Waals surface area contributed by atoms with E-state index in [1.807, 2.05) is 24.3 Å². The van der Waals surface area contributed by atoms with E-state index in [9.17, 15) is 9.59 Å². The predicted molar refractivity (Wildman–Crippen MR) is 92.6 cm³/mol. The van der Waals surface area contributed by atoms with Crippen LogP contribution in [0.25, 0.3) is 21.7 Å². The van der Waals surface area contributed by atoms with Crippen molar-refractivity contribution in [2.45, 2.75) is 32.1 Å². The lowest BCUT2D eigenvalue weighted by Gasteiger charge is -2.15. The van der Waals surface area contributed by atoms with Crippen molar-refractivity contribution in [3.8, 4) is 0 Å². The highest BCUT2D eigenvalue weighted by molar-refractivity contribution is 6.09. The Balaban J connectivity index is 2.21. The van der Waals surface area contributed by atoms with Gasteiger partial charge in [-0.25, -0.2) is 9.59 Å². The zero-order valence-electron chi connectivity index (χ0n) is 13.6. The maximum absolute atomic E-state index is 12.5. The molecule has 4 rings (SSSR count). The van der Waals surface area contributed by atoms with Gasteiger partial charge in [0.25, 0.3) is 0 Å². The van der Waals surface area contributed by atoms with Crippen molar-refractivity contribution in [3.05, 3.63) is 57.4 Å². The van der Waals surface area contributed by atoms with Crippen molar-refractivity contribution in [1.82, 2.24) is 0 Å². The smallest absolute Gasteiger partial charge is 0.344 e. The van der Waals surface area contributed by atoms with Gasteiger partial charge >= 0.3 is 11.6 Å². The summed E-state index contributed by atoms with van der Waals surface area (Å²) in [6.45, 7) is 0. The van der Waals surface area contributed by atoms with Crippen LogP contribution in [0.5, 0.6) is 0 Å². The van der Waals surface area contributed by atoms with E-state index < -0.39 is 5.63 Å². The number of fused-ring (bicyclic) bond motifs is 5. The Labute approximate surface area is 139 Å². The van der Waals surface area contributed by atoms with Crippen LogP contribution in [0.1, 0.15) is 40.7 Å². The number of hydrogen-bond donors (Lipinski definition) is 0. The number of carbonyl (C=O) groups excluding carboxylic acids is 1. The van der Waals surface area contributed by atoms with Gasteiger partial charge in [-0.15, -0.1) is 0 Å². The maximum Gasteiger partial charge on any atom is 0.344 e. The SMILES string of the molecule is COC(=O)c1cc2c(=O)oc3ccccc3c2c2c1CCCCC2. The predicted octanol–water partition coefficient (Wildman–Crippen LogP) is 4.00. The molecule has 3 aromatic rings. The van der Waals surface area contributed by atoms with E-state index in [1.54, 1.807) is 6.07 Å². The van der Waals surface area contributed by atoms with Gasteiger partial charge in [-0.1, -0.05) is 24.6 Å². The molecule has 4 nitrogen and oxygen atoms in total. The van der Waals surface area contributed by atoms with Crippen LogP contribution >= 0.6 is 0 Å². The zero-order chi connectivity index (χ0) is 16.7. The molecule has 1 aliphatic carbocycles. The number of para-hydroxylation sites is 1. The summed E-state index contributed by atoms with van der Waals surface area (Å²) in [5.74, 6) is -0.386. The molecule has 0 radical (unpaired) electrons. The highest BCUT2D eigenvalue weighted by atomic mass is 16.5. The molecule has 24 heavy (non-hydrogen) atoms. The van der Waals surface area contributed by atoms with Gasteiger partial charge in [0.05, 0.1) is 18.1 Å². The van der Waals surface area contributed by atoms with Gasteiger partial charge in [0.2, 0.25) is 0 Å². The van der Waals surface area contributed by atoms with Crippen LogP contribution in [-0.4, -0.2) is 13.1 Å². The molecule has 0 fully saturated rings. The van der Waals surface area contributed by atoms with E-state index in [4.69, 9.17) is 9.15 Å². The molecule has 0 saturated heterocycles. The first-order chi connectivity index (χ1) is 11.7. The molecular weight excluding hydrogens is 304 g/mol. The lowest BCUT2D eigenvalue weighted by Crippen LogP contribution is -2.11. The van der Waals surface area contributed by atoms with E-state index in [-0.39, 0.29) is 5.97 Å². The summed E-state index contributed by atoms with van der Waals surface area (Å²) in [4.78, 5) is 24.8. The molecule has 0 unspecified atom stereocenters. The Morgan fingerprint density at radius 2 is 1.79 bits per heavy atom. The minimum Gasteiger partial charge on any atom is -0.465 e. The highest BCUT2D eigenvalue weighted by Gasteiger charge is 2.23. The monoisotopic (exact) mass is 322 g/mol. The maximum atomic E-state index is 12.5. The number of carbonyl (C=O) groups is 1. The van der Waals surface area contributed by atoms with Crippen LogP contribution in [0.15, 0.2) is 39.5 Å². The molecule has 1 aromatic heterocycles. The number of ether oxygens (including phenoxy) is 1. The standard InChI is InChI=1S/C20H18O4/c1-23-19(21)15-11-16-18(13-8-4-2-3-7-12(13)15)14-9-5-6-10-17(14)24-20(16)22/h5-6,9-11H,2-4,7-8H2,1H3. The number of esters is 1. The first-order valence-electron chi connectivity index (χ1n) is 8.29. The zero-order valence-corrected chi connectivity index (χ0v) is 13.6. The van der Waals surface area contributed by atoms with Crippen LogP contribution in [-0.2, 0) is 17.6 Å². The Kier molecular flexibility index (Phi) is 3.60. The van der Waals surface area contributed by atoms with E-state index in [0.717, 1.165) is 54.0 Å². The molecule has 1 heterocycles.